The lowest BCUT2D eigenvalue weighted by Crippen LogP contribution is -2.40. The molecule has 2 heterocycles. The van der Waals surface area contributed by atoms with Crippen molar-refractivity contribution in [3.8, 4) is 0 Å². The normalized spacial score (nSPS) is 14.4. The Balaban J connectivity index is 0.00000242. The van der Waals surface area contributed by atoms with Gasteiger partial charge < -0.3 is 15.5 Å². The number of halogens is 1. The maximum atomic E-state index is 11.8. The standard InChI is InChI=1S/C14H22N6O.HI/c1-2-16-14(20-9-3-4-10-20)19-8-7-18-13(21)12-11-15-5-6-17-12;/h5-6,11H,2-4,7-10H2,1H3,(H,16,19)(H,18,21);1H. The van der Waals surface area contributed by atoms with Crippen LogP contribution in [0, 0.1) is 0 Å². The molecule has 122 valence electrons. The van der Waals surface area contributed by atoms with Gasteiger partial charge in [0, 0.05) is 38.6 Å². The average Bonchev–Trinajstić information content (AvgIpc) is 3.05. The first kappa shape index (κ1) is 18.6. The van der Waals surface area contributed by atoms with Gasteiger partial charge in [-0.15, -0.1) is 24.0 Å². The van der Waals surface area contributed by atoms with Gasteiger partial charge in [-0.2, -0.15) is 0 Å². The van der Waals surface area contributed by atoms with E-state index in [2.05, 4.69) is 37.4 Å². The van der Waals surface area contributed by atoms with E-state index in [1.165, 1.54) is 25.2 Å². The number of nitrogens with zero attached hydrogens (tertiary/aromatic N) is 4. The fourth-order valence-electron chi connectivity index (χ4n) is 2.19. The van der Waals surface area contributed by atoms with Crippen LogP contribution in [0.2, 0.25) is 0 Å². The number of aliphatic imine (C=N–C) groups is 1. The summed E-state index contributed by atoms with van der Waals surface area (Å²) >= 11 is 0. The second kappa shape index (κ2) is 10.3. The molecule has 0 spiro atoms. The molecule has 0 radical (unpaired) electrons. The van der Waals surface area contributed by atoms with E-state index in [-0.39, 0.29) is 29.9 Å². The molecule has 0 atom stereocenters. The average molecular weight is 418 g/mol. The summed E-state index contributed by atoms with van der Waals surface area (Å²) < 4.78 is 0. The molecule has 7 nitrogen and oxygen atoms in total. The Morgan fingerprint density at radius 2 is 2.09 bits per heavy atom. The number of amides is 1. The molecule has 1 aliphatic rings. The highest BCUT2D eigenvalue weighted by Gasteiger charge is 2.15. The lowest BCUT2D eigenvalue weighted by molar-refractivity contribution is 0.0949. The number of aromatic nitrogens is 2. The smallest absolute Gasteiger partial charge is 0.271 e. The largest absolute Gasteiger partial charge is 0.357 e. The number of rotatable bonds is 5. The van der Waals surface area contributed by atoms with E-state index in [4.69, 9.17) is 0 Å². The van der Waals surface area contributed by atoms with E-state index >= 15 is 0 Å². The third kappa shape index (κ3) is 5.74. The zero-order valence-corrected chi connectivity index (χ0v) is 15.1. The SMILES string of the molecule is CCNC(=NCCNC(=O)c1cnccn1)N1CCCC1.I. The van der Waals surface area contributed by atoms with Crippen LogP contribution >= 0.6 is 24.0 Å². The monoisotopic (exact) mass is 418 g/mol. The Morgan fingerprint density at radius 3 is 2.73 bits per heavy atom. The summed E-state index contributed by atoms with van der Waals surface area (Å²) in [6.45, 7) is 6.04. The highest BCUT2D eigenvalue weighted by molar-refractivity contribution is 14.0. The second-order valence-corrected chi connectivity index (χ2v) is 4.78. The highest BCUT2D eigenvalue weighted by Crippen LogP contribution is 2.07. The molecular formula is C14H23IN6O. The maximum absolute atomic E-state index is 11.8. The summed E-state index contributed by atoms with van der Waals surface area (Å²) in [6, 6.07) is 0. The van der Waals surface area contributed by atoms with E-state index in [9.17, 15) is 4.79 Å². The number of carbonyl (C=O) groups excluding carboxylic acids is 1. The number of carbonyl (C=O) groups is 1. The van der Waals surface area contributed by atoms with Crippen molar-refractivity contribution in [1.82, 2.24) is 25.5 Å². The van der Waals surface area contributed by atoms with Gasteiger partial charge in [0.15, 0.2) is 5.96 Å². The number of likely N-dealkylation sites (tertiary alicyclic amines) is 1. The first-order chi connectivity index (χ1) is 10.3. The van der Waals surface area contributed by atoms with Crippen molar-refractivity contribution in [3.05, 3.63) is 24.3 Å². The second-order valence-electron chi connectivity index (χ2n) is 4.78. The molecule has 0 bridgehead atoms. The Kier molecular flexibility index (Phi) is 8.71. The lowest BCUT2D eigenvalue weighted by atomic mass is 10.4. The van der Waals surface area contributed by atoms with Gasteiger partial charge in [0.25, 0.3) is 5.91 Å². The molecule has 0 unspecified atom stereocenters. The van der Waals surface area contributed by atoms with Crippen LogP contribution in [0.3, 0.4) is 0 Å². The van der Waals surface area contributed by atoms with Crippen molar-refractivity contribution < 1.29 is 4.79 Å². The molecule has 1 fully saturated rings. The van der Waals surface area contributed by atoms with E-state index in [0.29, 0.717) is 18.8 Å². The molecule has 0 aliphatic carbocycles. The lowest BCUT2D eigenvalue weighted by Gasteiger charge is -2.20. The van der Waals surface area contributed by atoms with Crippen LogP contribution in [0.25, 0.3) is 0 Å². The molecule has 1 aromatic heterocycles. The van der Waals surface area contributed by atoms with Crippen molar-refractivity contribution in [1.29, 1.82) is 0 Å². The number of nitrogens with one attached hydrogen (secondary N) is 2. The zero-order chi connectivity index (χ0) is 14.9. The summed E-state index contributed by atoms with van der Waals surface area (Å²) in [7, 11) is 0. The molecule has 8 heteroatoms. The van der Waals surface area contributed by atoms with E-state index < -0.39 is 0 Å². The van der Waals surface area contributed by atoms with Crippen LogP contribution in [0.4, 0.5) is 0 Å². The number of hydrogen-bond acceptors (Lipinski definition) is 4. The topological polar surface area (TPSA) is 82.5 Å². The summed E-state index contributed by atoms with van der Waals surface area (Å²) in [4.78, 5) is 26.4. The highest BCUT2D eigenvalue weighted by atomic mass is 127. The summed E-state index contributed by atoms with van der Waals surface area (Å²) in [5, 5.41) is 6.08. The van der Waals surface area contributed by atoms with Crippen molar-refractivity contribution >= 4 is 35.8 Å². The van der Waals surface area contributed by atoms with Crippen LogP contribution in [0.5, 0.6) is 0 Å². The minimum Gasteiger partial charge on any atom is -0.357 e. The van der Waals surface area contributed by atoms with Gasteiger partial charge in [-0.3, -0.25) is 14.8 Å². The van der Waals surface area contributed by atoms with Crippen LogP contribution in [0.1, 0.15) is 30.3 Å². The Labute approximate surface area is 148 Å². The summed E-state index contributed by atoms with van der Waals surface area (Å²) in [5.41, 5.74) is 0.327. The Hall–Kier alpha value is -1.45. The number of hydrogen-bond donors (Lipinski definition) is 2. The minimum atomic E-state index is -0.218. The molecule has 1 aromatic rings. The quantitative estimate of drug-likeness (QED) is 0.321. The third-order valence-electron chi connectivity index (χ3n) is 3.20. The molecule has 2 N–H and O–H groups in total. The van der Waals surface area contributed by atoms with Crippen molar-refractivity contribution in [2.24, 2.45) is 4.99 Å². The molecule has 2 rings (SSSR count). The van der Waals surface area contributed by atoms with Gasteiger partial charge in [-0.05, 0) is 19.8 Å². The van der Waals surface area contributed by atoms with Gasteiger partial charge in [0.2, 0.25) is 0 Å². The first-order valence-corrected chi connectivity index (χ1v) is 7.38. The first-order valence-electron chi connectivity index (χ1n) is 7.38. The summed E-state index contributed by atoms with van der Waals surface area (Å²) in [5.74, 6) is 0.716. The minimum absolute atomic E-state index is 0. The molecular weight excluding hydrogens is 395 g/mol. The predicted octanol–water partition coefficient (Wildman–Crippen LogP) is 0.886. The maximum Gasteiger partial charge on any atom is 0.271 e. The van der Waals surface area contributed by atoms with Crippen LogP contribution in [-0.4, -0.2) is 59.5 Å². The molecule has 1 amide bonds. The Bertz CT molecular complexity index is 475. The van der Waals surface area contributed by atoms with Crippen molar-refractivity contribution in [2.45, 2.75) is 19.8 Å². The van der Waals surface area contributed by atoms with Crippen molar-refractivity contribution in [3.63, 3.8) is 0 Å². The molecule has 22 heavy (non-hydrogen) atoms. The molecule has 1 saturated heterocycles. The molecule has 0 saturated carbocycles. The van der Waals surface area contributed by atoms with E-state index in [1.54, 1.807) is 6.20 Å². The predicted molar refractivity (Wildman–Crippen MR) is 96.6 cm³/mol. The molecule has 1 aliphatic heterocycles. The fraction of sp³-hybridized carbons (Fsp3) is 0.571. The fourth-order valence-corrected chi connectivity index (χ4v) is 2.19. The van der Waals surface area contributed by atoms with Gasteiger partial charge in [-0.1, -0.05) is 0 Å². The molecule has 0 aromatic carbocycles. The van der Waals surface area contributed by atoms with Gasteiger partial charge in [-0.25, -0.2) is 4.98 Å². The van der Waals surface area contributed by atoms with Gasteiger partial charge in [0.1, 0.15) is 5.69 Å². The van der Waals surface area contributed by atoms with E-state index in [0.717, 1.165) is 25.6 Å². The zero-order valence-electron chi connectivity index (χ0n) is 12.8. The number of guanidine groups is 1. The van der Waals surface area contributed by atoms with Crippen LogP contribution < -0.4 is 10.6 Å². The Morgan fingerprint density at radius 1 is 1.32 bits per heavy atom. The van der Waals surface area contributed by atoms with Crippen molar-refractivity contribution in [2.75, 3.05) is 32.7 Å². The van der Waals surface area contributed by atoms with Gasteiger partial charge >= 0.3 is 0 Å². The van der Waals surface area contributed by atoms with Crippen LogP contribution in [0.15, 0.2) is 23.6 Å². The summed E-state index contributed by atoms with van der Waals surface area (Å²) in [6.07, 6.45) is 6.93. The van der Waals surface area contributed by atoms with Gasteiger partial charge in [0.05, 0.1) is 12.7 Å². The van der Waals surface area contributed by atoms with E-state index in [1.807, 2.05) is 0 Å². The third-order valence-corrected chi connectivity index (χ3v) is 3.20. The van der Waals surface area contributed by atoms with Crippen LogP contribution in [-0.2, 0) is 0 Å².